The number of rotatable bonds is 6. The maximum atomic E-state index is 6.49. The molecule has 0 amide bonds. The highest BCUT2D eigenvalue weighted by atomic mass is 79.9. The molecule has 2 aliphatic carbocycles. The lowest BCUT2D eigenvalue weighted by atomic mass is 9.69. The zero-order valence-corrected chi connectivity index (χ0v) is 26.6. The van der Waals surface area contributed by atoms with Crippen LogP contribution >= 0.6 is 54.5 Å². The van der Waals surface area contributed by atoms with E-state index in [9.17, 15) is 0 Å². The highest BCUT2D eigenvalue weighted by Crippen LogP contribution is 2.64. The topological polar surface area (TPSA) is 9.23 Å². The van der Waals surface area contributed by atoms with E-state index in [4.69, 9.17) is 4.74 Å². The largest absolute Gasteiger partial charge is 0.493 e. The molecule has 0 fully saturated rings. The van der Waals surface area contributed by atoms with Crippen LogP contribution in [0.25, 0.3) is 31.7 Å². The average Bonchev–Trinajstić information content (AvgIpc) is 3.56. The molecular weight excluding hydrogens is 612 g/mol. The van der Waals surface area contributed by atoms with Gasteiger partial charge in [-0.3, -0.25) is 0 Å². The highest BCUT2D eigenvalue weighted by molar-refractivity contribution is 9.11. The molecule has 5 heteroatoms. The van der Waals surface area contributed by atoms with Crippen molar-refractivity contribution in [1.82, 2.24) is 0 Å². The van der Waals surface area contributed by atoms with Crippen molar-refractivity contribution in [3.8, 4) is 26.6 Å². The Labute approximate surface area is 239 Å². The molecule has 0 N–H and O–H groups in total. The fourth-order valence-corrected chi connectivity index (χ4v) is 11.0. The molecule has 0 aliphatic heterocycles. The van der Waals surface area contributed by atoms with Crippen molar-refractivity contribution in [2.45, 2.75) is 78.1 Å². The van der Waals surface area contributed by atoms with Crippen molar-refractivity contribution in [1.29, 1.82) is 0 Å². The second kappa shape index (κ2) is 8.69. The van der Waals surface area contributed by atoms with Crippen molar-refractivity contribution >= 4 is 65.3 Å². The third kappa shape index (κ3) is 2.98. The van der Waals surface area contributed by atoms with Crippen LogP contribution in [0.4, 0.5) is 0 Å². The predicted molar refractivity (Wildman–Crippen MR) is 165 cm³/mol. The molecule has 0 atom stereocenters. The molecule has 188 valence electrons. The molecule has 1 nitrogen and oxygen atoms in total. The van der Waals surface area contributed by atoms with Gasteiger partial charge in [-0.05, 0) is 134 Å². The van der Waals surface area contributed by atoms with E-state index in [2.05, 4.69) is 97.7 Å². The molecule has 4 aromatic rings. The number of aryl methyl sites for hydroxylation is 1. The van der Waals surface area contributed by atoms with E-state index in [1.807, 2.05) is 22.7 Å². The summed E-state index contributed by atoms with van der Waals surface area (Å²) in [6.07, 6.45) is 4.36. The number of thiophene rings is 2. The standard InChI is InChI=1S/C31H32Br2OS2/c1-7-30(8-2)19-14-22(32)35-28(19)24-16(6)12-17-18(26(24)30)13-21(34-11-5)25-27(17)31(9-3,10-4)20-15-23(33)36-29(20)25/h12-15H,7-11H2,1-6H3. The Bertz CT molecular complexity index is 1530. The van der Waals surface area contributed by atoms with Crippen LogP contribution < -0.4 is 4.74 Å². The minimum absolute atomic E-state index is 0.00670. The summed E-state index contributed by atoms with van der Waals surface area (Å²) in [6.45, 7) is 14.6. The van der Waals surface area contributed by atoms with Gasteiger partial charge >= 0.3 is 0 Å². The maximum Gasteiger partial charge on any atom is 0.128 e. The average molecular weight is 645 g/mol. The summed E-state index contributed by atoms with van der Waals surface area (Å²) in [5, 5.41) is 2.84. The summed E-state index contributed by atoms with van der Waals surface area (Å²) in [7, 11) is 0. The zero-order valence-electron chi connectivity index (χ0n) is 21.8. The van der Waals surface area contributed by atoms with Gasteiger partial charge in [0.15, 0.2) is 0 Å². The van der Waals surface area contributed by atoms with Gasteiger partial charge in [-0.25, -0.2) is 0 Å². The third-order valence-corrected chi connectivity index (χ3v) is 12.5. The number of benzene rings is 2. The first-order valence-corrected chi connectivity index (χ1v) is 16.4. The molecule has 0 bridgehead atoms. The molecule has 0 radical (unpaired) electrons. The fraction of sp³-hybridized carbons (Fsp3) is 0.419. The quantitative estimate of drug-likeness (QED) is 0.203. The van der Waals surface area contributed by atoms with Crippen LogP contribution in [0.2, 0.25) is 0 Å². The molecule has 6 rings (SSSR count). The van der Waals surface area contributed by atoms with Gasteiger partial charge in [-0.2, -0.15) is 0 Å². The first kappa shape index (κ1) is 25.2. The Balaban J connectivity index is 1.83. The fourth-order valence-electron chi connectivity index (χ4n) is 7.47. The summed E-state index contributed by atoms with van der Waals surface area (Å²) in [5.41, 5.74) is 10.3. The Morgan fingerprint density at radius 2 is 1.17 bits per heavy atom. The van der Waals surface area contributed by atoms with Crippen LogP contribution in [0.15, 0.2) is 31.8 Å². The number of halogens is 2. The molecule has 2 aromatic carbocycles. The maximum absolute atomic E-state index is 6.49. The summed E-state index contributed by atoms with van der Waals surface area (Å²) < 4.78 is 8.94. The van der Waals surface area contributed by atoms with Crippen molar-refractivity contribution in [3.05, 3.63) is 59.7 Å². The monoisotopic (exact) mass is 642 g/mol. The van der Waals surface area contributed by atoms with Gasteiger partial charge in [-0.15, -0.1) is 22.7 Å². The minimum atomic E-state index is 0.00670. The van der Waals surface area contributed by atoms with E-state index in [0.29, 0.717) is 6.61 Å². The second-order valence-corrected chi connectivity index (χ2v) is 15.1. The van der Waals surface area contributed by atoms with Gasteiger partial charge in [0.25, 0.3) is 0 Å². The lowest BCUT2D eigenvalue weighted by molar-refractivity contribution is 0.341. The predicted octanol–water partition coefficient (Wildman–Crippen LogP) is 11.4. The number of fused-ring (bicyclic) bond motifs is 9. The molecule has 0 spiro atoms. The van der Waals surface area contributed by atoms with E-state index in [0.717, 1.165) is 31.4 Å². The van der Waals surface area contributed by atoms with E-state index in [1.165, 1.54) is 67.0 Å². The number of hydrogen-bond acceptors (Lipinski definition) is 3. The van der Waals surface area contributed by atoms with Crippen LogP contribution in [0.3, 0.4) is 0 Å². The van der Waals surface area contributed by atoms with Crippen molar-refractivity contribution < 1.29 is 4.74 Å². The molecule has 0 unspecified atom stereocenters. The van der Waals surface area contributed by atoms with Gasteiger partial charge < -0.3 is 4.74 Å². The van der Waals surface area contributed by atoms with Crippen LogP contribution in [0.5, 0.6) is 5.75 Å². The first-order valence-electron chi connectivity index (χ1n) is 13.2. The smallest absolute Gasteiger partial charge is 0.128 e. The summed E-state index contributed by atoms with van der Waals surface area (Å²) in [4.78, 5) is 2.85. The SMILES string of the molecule is CCOc1cc2c3c(c(C)cc2c2c1-c1sc(Br)cc1C2(CC)CC)-c1sc(Br)cc1C3(CC)CC. The Morgan fingerprint density at radius 1 is 0.694 bits per heavy atom. The molecular formula is C31H32Br2OS2. The molecule has 0 saturated carbocycles. The second-order valence-electron chi connectivity index (χ2n) is 10.3. The van der Waals surface area contributed by atoms with Crippen LogP contribution in [-0.2, 0) is 10.8 Å². The Morgan fingerprint density at radius 3 is 1.67 bits per heavy atom. The Hall–Kier alpha value is -1.14. The molecule has 2 aromatic heterocycles. The Kier molecular flexibility index (Phi) is 6.07. The number of hydrogen-bond donors (Lipinski definition) is 0. The number of ether oxygens (including phenoxy) is 1. The highest BCUT2D eigenvalue weighted by Gasteiger charge is 2.48. The van der Waals surface area contributed by atoms with Crippen LogP contribution in [0.1, 0.15) is 88.1 Å². The van der Waals surface area contributed by atoms with Gasteiger partial charge in [-0.1, -0.05) is 33.8 Å². The van der Waals surface area contributed by atoms with Gasteiger partial charge in [0, 0.05) is 26.1 Å². The van der Waals surface area contributed by atoms with E-state index >= 15 is 0 Å². The van der Waals surface area contributed by atoms with Gasteiger partial charge in [0.1, 0.15) is 5.75 Å². The van der Waals surface area contributed by atoms with E-state index in [-0.39, 0.29) is 10.8 Å². The van der Waals surface area contributed by atoms with Gasteiger partial charge in [0.2, 0.25) is 0 Å². The minimum Gasteiger partial charge on any atom is -0.493 e. The van der Waals surface area contributed by atoms with Crippen molar-refractivity contribution in [2.75, 3.05) is 6.61 Å². The summed E-state index contributed by atoms with van der Waals surface area (Å²) in [6, 6.07) is 9.69. The van der Waals surface area contributed by atoms with Gasteiger partial charge in [0.05, 0.1) is 14.2 Å². The van der Waals surface area contributed by atoms with E-state index in [1.54, 1.807) is 0 Å². The van der Waals surface area contributed by atoms with E-state index < -0.39 is 0 Å². The molecule has 2 heterocycles. The zero-order chi connectivity index (χ0) is 25.6. The molecule has 0 saturated heterocycles. The lowest BCUT2D eigenvalue weighted by Crippen LogP contribution is -2.25. The van der Waals surface area contributed by atoms with Crippen LogP contribution in [-0.4, -0.2) is 6.61 Å². The summed E-state index contributed by atoms with van der Waals surface area (Å²) in [5.74, 6) is 1.06. The normalized spacial score (nSPS) is 16.2. The first-order chi connectivity index (χ1) is 17.3. The third-order valence-electron chi connectivity index (χ3n) is 9.17. The van der Waals surface area contributed by atoms with Crippen molar-refractivity contribution in [3.63, 3.8) is 0 Å². The van der Waals surface area contributed by atoms with Crippen LogP contribution in [0, 0.1) is 6.92 Å². The molecule has 2 aliphatic rings. The summed E-state index contributed by atoms with van der Waals surface area (Å²) >= 11 is 11.4. The molecule has 36 heavy (non-hydrogen) atoms. The lowest BCUT2D eigenvalue weighted by Gasteiger charge is -2.34. The van der Waals surface area contributed by atoms with Crippen molar-refractivity contribution in [2.24, 2.45) is 0 Å².